The minimum Gasteiger partial charge on any atom is -0.497 e. The molecule has 24 heavy (non-hydrogen) atoms. The molecule has 1 aliphatic heterocycles. The van der Waals surface area contributed by atoms with E-state index in [9.17, 15) is 18.0 Å². The predicted molar refractivity (Wildman–Crippen MR) is 86.4 cm³/mol. The molecule has 0 saturated heterocycles. The second kappa shape index (κ2) is 6.06. The second-order valence-corrected chi connectivity index (χ2v) is 6.93. The maximum absolute atomic E-state index is 12.4. The maximum atomic E-state index is 12.4. The van der Waals surface area contributed by atoms with Crippen LogP contribution in [0.5, 0.6) is 5.75 Å². The van der Waals surface area contributed by atoms with Crippen molar-refractivity contribution < 1.29 is 22.7 Å². The van der Waals surface area contributed by atoms with Crippen LogP contribution in [0.2, 0.25) is 0 Å². The van der Waals surface area contributed by atoms with Crippen LogP contribution < -0.4 is 14.8 Å². The quantitative estimate of drug-likeness (QED) is 0.795. The van der Waals surface area contributed by atoms with Crippen LogP contribution >= 0.6 is 0 Å². The molecule has 0 saturated carbocycles. The Morgan fingerprint density at radius 1 is 1.08 bits per heavy atom. The summed E-state index contributed by atoms with van der Waals surface area (Å²) in [7, 11) is -2.26. The number of benzene rings is 2. The molecule has 7 nitrogen and oxygen atoms in total. The van der Waals surface area contributed by atoms with Crippen LogP contribution in [0.15, 0.2) is 47.4 Å². The highest BCUT2D eigenvalue weighted by atomic mass is 32.2. The highest BCUT2D eigenvalue weighted by molar-refractivity contribution is 7.89. The number of methoxy groups -OCH3 is 1. The SMILES string of the molecule is COc1ccc(CNS(=O)(=O)c2ccc3c(c2)C(=O)C(=O)N3)cc1. The molecule has 0 fully saturated rings. The topological polar surface area (TPSA) is 102 Å². The first-order chi connectivity index (χ1) is 11.4. The molecule has 0 spiro atoms. The van der Waals surface area contributed by atoms with Crippen molar-refractivity contribution in [3.05, 3.63) is 53.6 Å². The van der Waals surface area contributed by atoms with E-state index in [1.165, 1.54) is 18.2 Å². The van der Waals surface area contributed by atoms with Gasteiger partial charge in [-0.2, -0.15) is 0 Å². The lowest BCUT2D eigenvalue weighted by molar-refractivity contribution is -0.112. The summed E-state index contributed by atoms with van der Waals surface area (Å²) in [5.74, 6) is -0.821. The highest BCUT2D eigenvalue weighted by Crippen LogP contribution is 2.25. The Hall–Kier alpha value is -2.71. The van der Waals surface area contributed by atoms with Gasteiger partial charge < -0.3 is 10.1 Å². The fraction of sp³-hybridized carbons (Fsp3) is 0.125. The van der Waals surface area contributed by atoms with Crippen molar-refractivity contribution in [2.24, 2.45) is 0 Å². The molecule has 2 aromatic carbocycles. The molecule has 3 rings (SSSR count). The maximum Gasteiger partial charge on any atom is 0.296 e. The Morgan fingerprint density at radius 2 is 1.79 bits per heavy atom. The number of nitrogens with one attached hydrogen (secondary N) is 2. The van der Waals surface area contributed by atoms with Gasteiger partial charge in [0.2, 0.25) is 10.0 Å². The highest BCUT2D eigenvalue weighted by Gasteiger charge is 2.29. The van der Waals surface area contributed by atoms with Crippen LogP contribution in [0, 0.1) is 0 Å². The number of hydrogen-bond acceptors (Lipinski definition) is 5. The standard InChI is InChI=1S/C16H14N2O5S/c1-23-11-4-2-10(3-5-11)9-17-24(21,22)12-6-7-14-13(8-12)15(19)16(20)18-14/h2-8,17H,9H2,1H3,(H,18,19,20). The number of Topliss-reactive ketones (excluding diaryl/α,β-unsaturated/α-hetero) is 1. The van der Waals surface area contributed by atoms with Crippen LogP contribution in [0.4, 0.5) is 5.69 Å². The number of ether oxygens (including phenoxy) is 1. The normalized spacial score (nSPS) is 13.5. The number of carbonyl (C=O) groups excluding carboxylic acids is 2. The molecular formula is C16H14N2O5S. The first-order valence-electron chi connectivity index (χ1n) is 7.03. The number of rotatable bonds is 5. The van der Waals surface area contributed by atoms with Crippen LogP contribution in [-0.2, 0) is 21.4 Å². The lowest BCUT2D eigenvalue weighted by Gasteiger charge is -2.08. The van der Waals surface area contributed by atoms with Gasteiger partial charge in [-0.05, 0) is 35.9 Å². The average Bonchev–Trinajstić information content (AvgIpc) is 2.87. The van der Waals surface area contributed by atoms with Gasteiger partial charge in [0.15, 0.2) is 0 Å². The monoisotopic (exact) mass is 346 g/mol. The third-order valence-corrected chi connectivity index (χ3v) is 5.02. The molecular weight excluding hydrogens is 332 g/mol. The Labute approximate surface area is 138 Å². The van der Waals surface area contributed by atoms with Crippen LogP contribution in [0.3, 0.4) is 0 Å². The van der Waals surface area contributed by atoms with Gasteiger partial charge in [0.1, 0.15) is 5.75 Å². The molecule has 0 radical (unpaired) electrons. The summed E-state index contributed by atoms with van der Waals surface area (Å²) in [6.07, 6.45) is 0. The average molecular weight is 346 g/mol. The number of sulfonamides is 1. The van der Waals surface area contributed by atoms with Crippen molar-refractivity contribution in [2.75, 3.05) is 12.4 Å². The summed E-state index contributed by atoms with van der Waals surface area (Å²) in [5, 5.41) is 2.38. The Bertz CT molecular complexity index is 920. The van der Waals surface area contributed by atoms with E-state index >= 15 is 0 Å². The van der Waals surface area contributed by atoms with E-state index in [-0.39, 0.29) is 17.0 Å². The van der Waals surface area contributed by atoms with Gasteiger partial charge in [-0.3, -0.25) is 9.59 Å². The van der Waals surface area contributed by atoms with Crippen LogP contribution in [-0.4, -0.2) is 27.2 Å². The first-order valence-corrected chi connectivity index (χ1v) is 8.51. The van der Waals surface area contributed by atoms with E-state index in [2.05, 4.69) is 10.0 Å². The molecule has 0 aliphatic carbocycles. The van der Waals surface area contributed by atoms with Crippen molar-refractivity contribution in [3.8, 4) is 5.75 Å². The molecule has 8 heteroatoms. The summed E-state index contributed by atoms with van der Waals surface area (Å²) in [6.45, 7) is 0.0918. The third kappa shape index (κ3) is 3.01. The van der Waals surface area contributed by atoms with Crippen molar-refractivity contribution in [2.45, 2.75) is 11.4 Å². The van der Waals surface area contributed by atoms with Gasteiger partial charge in [0, 0.05) is 6.54 Å². The number of carbonyl (C=O) groups is 2. The Balaban J connectivity index is 1.78. The second-order valence-electron chi connectivity index (χ2n) is 5.16. The largest absolute Gasteiger partial charge is 0.497 e. The third-order valence-electron chi connectivity index (χ3n) is 3.63. The summed E-state index contributed by atoms with van der Waals surface area (Å²) >= 11 is 0. The minimum absolute atomic E-state index is 0.0623. The number of ketones is 1. The molecule has 2 aromatic rings. The fourth-order valence-electron chi connectivity index (χ4n) is 2.29. The van der Waals surface area contributed by atoms with Gasteiger partial charge in [-0.1, -0.05) is 12.1 Å². The fourth-order valence-corrected chi connectivity index (χ4v) is 3.34. The van der Waals surface area contributed by atoms with Crippen LogP contribution in [0.1, 0.15) is 15.9 Å². The Kier molecular flexibility index (Phi) is 4.08. The van der Waals surface area contributed by atoms with E-state index < -0.39 is 21.7 Å². The van der Waals surface area contributed by atoms with E-state index in [4.69, 9.17) is 4.74 Å². The van der Waals surface area contributed by atoms with Crippen LogP contribution in [0.25, 0.3) is 0 Å². The molecule has 0 aromatic heterocycles. The first kappa shape index (κ1) is 16.2. The van der Waals surface area contributed by atoms with Crippen molar-refractivity contribution in [1.29, 1.82) is 0 Å². The zero-order valence-electron chi connectivity index (χ0n) is 12.7. The zero-order chi connectivity index (χ0) is 17.3. The Morgan fingerprint density at radius 3 is 2.46 bits per heavy atom. The van der Waals surface area contributed by atoms with Crippen molar-refractivity contribution in [3.63, 3.8) is 0 Å². The molecule has 0 bridgehead atoms. The predicted octanol–water partition coefficient (Wildman–Crippen LogP) is 1.31. The minimum atomic E-state index is -3.81. The van der Waals surface area contributed by atoms with E-state index in [0.29, 0.717) is 11.4 Å². The lowest BCUT2D eigenvalue weighted by Crippen LogP contribution is -2.23. The van der Waals surface area contributed by atoms with Gasteiger partial charge in [-0.15, -0.1) is 0 Å². The molecule has 1 heterocycles. The molecule has 0 unspecified atom stereocenters. The number of amides is 1. The molecule has 0 atom stereocenters. The lowest BCUT2D eigenvalue weighted by atomic mass is 10.1. The number of anilines is 1. The summed E-state index contributed by atoms with van der Waals surface area (Å²) in [5.41, 5.74) is 1.14. The van der Waals surface area contributed by atoms with Gasteiger partial charge in [-0.25, -0.2) is 13.1 Å². The van der Waals surface area contributed by atoms with Gasteiger partial charge >= 0.3 is 0 Å². The summed E-state index contributed by atoms with van der Waals surface area (Å²) in [6, 6.07) is 10.9. The summed E-state index contributed by atoms with van der Waals surface area (Å²) in [4.78, 5) is 22.9. The molecule has 2 N–H and O–H groups in total. The molecule has 124 valence electrons. The number of hydrogen-bond donors (Lipinski definition) is 2. The van der Waals surface area contributed by atoms with E-state index in [0.717, 1.165) is 5.56 Å². The number of fused-ring (bicyclic) bond motifs is 1. The van der Waals surface area contributed by atoms with Crippen molar-refractivity contribution in [1.82, 2.24) is 4.72 Å². The van der Waals surface area contributed by atoms with E-state index in [1.54, 1.807) is 31.4 Å². The van der Waals surface area contributed by atoms with Crippen molar-refractivity contribution >= 4 is 27.4 Å². The summed E-state index contributed by atoms with van der Waals surface area (Å²) < 4.78 is 32.2. The van der Waals surface area contributed by atoms with E-state index in [1.807, 2.05) is 0 Å². The van der Waals surface area contributed by atoms with Gasteiger partial charge in [0.05, 0.1) is 23.3 Å². The molecule has 1 amide bonds. The molecule has 1 aliphatic rings. The zero-order valence-corrected chi connectivity index (χ0v) is 13.5. The smallest absolute Gasteiger partial charge is 0.296 e. The van der Waals surface area contributed by atoms with Gasteiger partial charge in [0.25, 0.3) is 11.7 Å².